The molecule has 30 heavy (non-hydrogen) atoms. The van der Waals surface area contributed by atoms with Crippen LogP contribution in [0.25, 0.3) is 6.08 Å². The molecule has 0 radical (unpaired) electrons. The summed E-state index contributed by atoms with van der Waals surface area (Å²) in [5.41, 5.74) is 2.13. The smallest absolute Gasteiger partial charge is 0.248 e. The third-order valence-electron chi connectivity index (χ3n) is 4.12. The Kier molecular flexibility index (Phi) is 7.40. The zero-order valence-corrected chi connectivity index (χ0v) is 17.2. The van der Waals surface area contributed by atoms with Crippen LogP contribution in [-0.4, -0.2) is 17.1 Å². The maximum Gasteiger partial charge on any atom is 0.248 e. The number of nitrogens with one attached hydrogen (secondary N) is 2. The molecule has 0 saturated heterocycles. The van der Waals surface area contributed by atoms with Gasteiger partial charge < -0.3 is 10.6 Å². The summed E-state index contributed by atoms with van der Waals surface area (Å²) < 4.78 is 13.0. The van der Waals surface area contributed by atoms with Crippen molar-refractivity contribution in [3.8, 4) is 0 Å². The van der Waals surface area contributed by atoms with Gasteiger partial charge in [-0.3, -0.25) is 9.59 Å². The highest BCUT2D eigenvalue weighted by Crippen LogP contribution is 2.26. The molecule has 1 atom stereocenters. The number of rotatable bonds is 7. The second-order valence-corrected chi connectivity index (χ2v) is 7.93. The molecule has 0 fully saturated rings. The number of hydrogen-bond acceptors (Lipinski definition) is 3. The average Bonchev–Trinajstić information content (AvgIpc) is 2.75. The highest BCUT2D eigenvalue weighted by molar-refractivity contribution is 8.00. The lowest BCUT2D eigenvalue weighted by atomic mass is 10.2. The van der Waals surface area contributed by atoms with Crippen LogP contribution >= 0.6 is 11.8 Å². The van der Waals surface area contributed by atoms with Crippen molar-refractivity contribution in [2.24, 2.45) is 0 Å². The Labute approximate surface area is 179 Å². The van der Waals surface area contributed by atoms with Gasteiger partial charge in [0.15, 0.2) is 0 Å². The number of anilines is 2. The van der Waals surface area contributed by atoms with Crippen molar-refractivity contribution in [2.45, 2.75) is 17.1 Å². The highest BCUT2D eigenvalue weighted by Gasteiger charge is 2.15. The van der Waals surface area contributed by atoms with Gasteiger partial charge in [-0.2, -0.15) is 0 Å². The Morgan fingerprint density at radius 2 is 1.63 bits per heavy atom. The van der Waals surface area contributed by atoms with Crippen molar-refractivity contribution < 1.29 is 14.0 Å². The molecule has 6 heteroatoms. The monoisotopic (exact) mass is 420 g/mol. The summed E-state index contributed by atoms with van der Waals surface area (Å²) in [6.45, 7) is 1.79. The van der Waals surface area contributed by atoms with Crippen molar-refractivity contribution in [1.82, 2.24) is 0 Å². The largest absolute Gasteiger partial charge is 0.325 e. The van der Waals surface area contributed by atoms with E-state index in [1.165, 1.54) is 42.1 Å². The summed E-state index contributed by atoms with van der Waals surface area (Å²) in [6, 6.07) is 22.5. The van der Waals surface area contributed by atoms with Crippen LogP contribution in [0.15, 0.2) is 89.8 Å². The molecule has 0 aromatic heterocycles. The van der Waals surface area contributed by atoms with E-state index in [0.29, 0.717) is 11.4 Å². The maximum atomic E-state index is 13.0. The minimum absolute atomic E-state index is 0.188. The molecule has 3 aromatic carbocycles. The standard InChI is InChI=1S/C24H21FN2O2S/c1-17(24(29)27-20-13-11-19(25)12-14-20)30-22-9-5-8-21(16-22)26-23(28)15-10-18-6-3-2-4-7-18/h2-17H,1H3,(H,26,28)(H,27,29)/b15-10+. The molecule has 0 aliphatic carbocycles. The van der Waals surface area contributed by atoms with Crippen LogP contribution in [0.4, 0.5) is 15.8 Å². The second kappa shape index (κ2) is 10.4. The summed E-state index contributed by atoms with van der Waals surface area (Å²) in [5.74, 6) is -0.775. The van der Waals surface area contributed by atoms with E-state index in [-0.39, 0.29) is 22.9 Å². The summed E-state index contributed by atoms with van der Waals surface area (Å²) in [7, 11) is 0. The predicted octanol–water partition coefficient (Wildman–Crippen LogP) is 5.60. The van der Waals surface area contributed by atoms with Gasteiger partial charge in [0.05, 0.1) is 5.25 Å². The third-order valence-corrected chi connectivity index (χ3v) is 5.22. The molecule has 3 rings (SSSR count). The van der Waals surface area contributed by atoms with Crippen molar-refractivity contribution in [3.05, 3.63) is 96.3 Å². The van der Waals surface area contributed by atoms with E-state index in [1.807, 2.05) is 48.5 Å². The van der Waals surface area contributed by atoms with Crippen LogP contribution in [-0.2, 0) is 9.59 Å². The van der Waals surface area contributed by atoms with E-state index in [9.17, 15) is 14.0 Å². The number of benzene rings is 3. The second-order valence-electron chi connectivity index (χ2n) is 6.52. The van der Waals surface area contributed by atoms with Gasteiger partial charge in [0.1, 0.15) is 5.82 Å². The fourth-order valence-electron chi connectivity index (χ4n) is 2.60. The van der Waals surface area contributed by atoms with Gasteiger partial charge in [0, 0.05) is 22.3 Å². The number of thioether (sulfide) groups is 1. The van der Waals surface area contributed by atoms with E-state index in [2.05, 4.69) is 10.6 Å². The molecule has 2 amide bonds. The van der Waals surface area contributed by atoms with E-state index >= 15 is 0 Å². The molecular weight excluding hydrogens is 399 g/mol. The van der Waals surface area contributed by atoms with Gasteiger partial charge in [-0.25, -0.2) is 4.39 Å². The summed E-state index contributed by atoms with van der Waals surface area (Å²) in [5, 5.41) is 5.21. The van der Waals surface area contributed by atoms with E-state index < -0.39 is 0 Å². The molecule has 0 aliphatic rings. The Morgan fingerprint density at radius 3 is 2.37 bits per heavy atom. The minimum atomic E-state index is -0.376. The zero-order chi connectivity index (χ0) is 21.3. The Morgan fingerprint density at radius 1 is 0.900 bits per heavy atom. The van der Waals surface area contributed by atoms with Crippen LogP contribution in [0, 0.1) is 5.82 Å². The zero-order valence-electron chi connectivity index (χ0n) is 16.3. The van der Waals surface area contributed by atoms with Crippen LogP contribution in [0.2, 0.25) is 0 Å². The van der Waals surface area contributed by atoms with Gasteiger partial charge >= 0.3 is 0 Å². The van der Waals surface area contributed by atoms with Crippen molar-refractivity contribution in [1.29, 1.82) is 0 Å². The lowest BCUT2D eigenvalue weighted by Gasteiger charge is -2.13. The third kappa shape index (κ3) is 6.60. The molecule has 0 spiro atoms. The molecule has 4 nitrogen and oxygen atoms in total. The molecule has 2 N–H and O–H groups in total. The molecule has 0 aliphatic heterocycles. The van der Waals surface area contributed by atoms with E-state index in [1.54, 1.807) is 19.1 Å². The summed E-state index contributed by atoms with van der Waals surface area (Å²) in [4.78, 5) is 25.4. The van der Waals surface area contributed by atoms with Crippen LogP contribution in [0.3, 0.4) is 0 Å². The molecule has 0 saturated carbocycles. The number of hydrogen-bond donors (Lipinski definition) is 2. The van der Waals surface area contributed by atoms with Crippen molar-refractivity contribution in [2.75, 3.05) is 10.6 Å². The van der Waals surface area contributed by atoms with Gasteiger partial charge in [0.2, 0.25) is 11.8 Å². The van der Waals surface area contributed by atoms with Crippen molar-refractivity contribution >= 4 is 41.0 Å². The predicted molar refractivity (Wildman–Crippen MR) is 121 cm³/mol. The lowest BCUT2D eigenvalue weighted by Crippen LogP contribution is -2.22. The lowest BCUT2D eigenvalue weighted by molar-refractivity contribution is -0.115. The SMILES string of the molecule is CC(Sc1cccc(NC(=O)/C=C/c2ccccc2)c1)C(=O)Nc1ccc(F)cc1. The first-order valence-corrected chi connectivity index (χ1v) is 10.2. The van der Waals surface area contributed by atoms with Gasteiger partial charge in [-0.15, -0.1) is 11.8 Å². The fraction of sp³-hybridized carbons (Fsp3) is 0.0833. The molecule has 0 bridgehead atoms. The Balaban J connectivity index is 1.56. The fourth-order valence-corrected chi connectivity index (χ4v) is 3.53. The highest BCUT2D eigenvalue weighted by atomic mass is 32.2. The average molecular weight is 421 g/mol. The Hall–Kier alpha value is -3.38. The number of amides is 2. The first kappa shape index (κ1) is 21.3. The maximum absolute atomic E-state index is 13.0. The van der Waals surface area contributed by atoms with Gasteiger partial charge in [-0.1, -0.05) is 36.4 Å². The van der Waals surface area contributed by atoms with Gasteiger partial charge in [0.25, 0.3) is 0 Å². The number of halogens is 1. The first-order chi connectivity index (χ1) is 14.5. The first-order valence-electron chi connectivity index (χ1n) is 9.37. The Bertz CT molecular complexity index is 1040. The van der Waals surface area contributed by atoms with Crippen LogP contribution in [0.1, 0.15) is 12.5 Å². The quantitative estimate of drug-likeness (QED) is 0.387. The molecule has 3 aromatic rings. The summed E-state index contributed by atoms with van der Waals surface area (Å²) in [6.07, 6.45) is 3.23. The van der Waals surface area contributed by atoms with Crippen LogP contribution in [0.5, 0.6) is 0 Å². The molecule has 1 unspecified atom stereocenters. The number of carbonyl (C=O) groups is 2. The van der Waals surface area contributed by atoms with Gasteiger partial charge in [-0.05, 0) is 61.0 Å². The van der Waals surface area contributed by atoms with E-state index in [4.69, 9.17) is 0 Å². The molecular formula is C24H21FN2O2S. The molecule has 152 valence electrons. The minimum Gasteiger partial charge on any atom is -0.325 e. The topological polar surface area (TPSA) is 58.2 Å². The normalized spacial score (nSPS) is 11.8. The van der Waals surface area contributed by atoms with Crippen molar-refractivity contribution in [3.63, 3.8) is 0 Å². The van der Waals surface area contributed by atoms with E-state index in [0.717, 1.165) is 10.5 Å². The summed E-state index contributed by atoms with van der Waals surface area (Å²) >= 11 is 1.37. The van der Waals surface area contributed by atoms with Crippen LogP contribution < -0.4 is 10.6 Å². The number of carbonyl (C=O) groups excluding carboxylic acids is 2. The molecule has 0 heterocycles.